The Hall–Kier alpha value is -2.44. The van der Waals surface area contributed by atoms with E-state index >= 15 is 0 Å². The predicted molar refractivity (Wildman–Crippen MR) is 221 cm³/mol. The fourth-order valence-electron chi connectivity index (χ4n) is 7.21. The number of hydrogen-bond donors (Lipinski definition) is 0. The van der Waals surface area contributed by atoms with E-state index in [1.807, 2.05) is 9.80 Å². The summed E-state index contributed by atoms with van der Waals surface area (Å²) in [6, 6.07) is 0.443. The molecule has 0 atom stereocenters. The van der Waals surface area contributed by atoms with E-state index in [1.54, 1.807) is 0 Å². The first-order valence-electron chi connectivity index (χ1n) is 18.3. The fourth-order valence-corrected chi connectivity index (χ4v) is 8.63. The SMILES string of the molecule is Clc1nc(Cl)nc(N(CCCN(c2nc(Cl)nc(Cl)n2)C2CCCCC2)CCN(CCCN(c2nc(Cl)nc(Cl)n2)C2CCCCC2)c2nc(Cl)nc(Cl)n2)n1. The lowest BCUT2D eigenvalue weighted by molar-refractivity contribution is 0.407. The summed E-state index contributed by atoms with van der Waals surface area (Å²) >= 11 is 50.0. The van der Waals surface area contributed by atoms with Gasteiger partial charge in [0.25, 0.3) is 0 Å². The third-order valence-electron chi connectivity index (χ3n) is 9.68. The maximum absolute atomic E-state index is 6.28. The Morgan fingerprint density at radius 3 is 0.875 bits per heavy atom. The molecular weight excluding hydrogens is 892 g/mol. The zero-order valence-electron chi connectivity index (χ0n) is 30.1. The summed E-state index contributed by atoms with van der Waals surface area (Å²) in [6.45, 7) is 2.97. The molecule has 6 rings (SSSR count). The van der Waals surface area contributed by atoms with Gasteiger partial charge in [0.15, 0.2) is 0 Å². The molecule has 0 aliphatic heterocycles. The minimum atomic E-state index is -0.0301. The van der Waals surface area contributed by atoms with Gasteiger partial charge in [-0.1, -0.05) is 38.5 Å². The van der Waals surface area contributed by atoms with Crippen molar-refractivity contribution in [3.05, 3.63) is 42.3 Å². The fraction of sp³-hybridized carbons (Fsp3) is 0.625. The molecular formula is C32H38Cl8N16. The van der Waals surface area contributed by atoms with Crippen LogP contribution in [0.5, 0.6) is 0 Å². The summed E-state index contributed by atoms with van der Waals surface area (Å²) in [5.41, 5.74) is 0. The predicted octanol–water partition coefficient (Wildman–Crippen LogP) is 8.43. The molecule has 0 amide bonds. The summed E-state index contributed by atoms with van der Waals surface area (Å²) < 4.78 is 0. The van der Waals surface area contributed by atoms with Gasteiger partial charge >= 0.3 is 0 Å². The van der Waals surface area contributed by atoms with E-state index in [4.69, 9.17) is 92.8 Å². The summed E-state index contributed by atoms with van der Waals surface area (Å²) in [4.78, 5) is 59.5. The van der Waals surface area contributed by atoms with Crippen LogP contribution in [0.3, 0.4) is 0 Å². The molecule has 4 aromatic heterocycles. The van der Waals surface area contributed by atoms with Crippen molar-refractivity contribution in [2.24, 2.45) is 0 Å². The molecule has 16 nitrogen and oxygen atoms in total. The van der Waals surface area contributed by atoms with Crippen LogP contribution in [-0.4, -0.2) is 111 Å². The number of nitrogens with zero attached hydrogens (tertiary/aromatic N) is 16. The molecule has 302 valence electrons. The first-order chi connectivity index (χ1) is 27.0. The quantitative estimate of drug-likeness (QED) is 0.0989. The molecule has 0 N–H and O–H groups in total. The highest BCUT2D eigenvalue weighted by Crippen LogP contribution is 2.29. The van der Waals surface area contributed by atoms with Crippen molar-refractivity contribution in [3.63, 3.8) is 0 Å². The maximum Gasteiger partial charge on any atom is 0.231 e. The Kier molecular flexibility index (Phi) is 16.2. The molecule has 0 radical (unpaired) electrons. The van der Waals surface area contributed by atoms with Gasteiger partial charge < -0.3 is 19.6 Å². The van der Waals surface area contributed by atoms with E-state index < -0.39 is 0 Å². The number of anilines is 4. The second-order valence-corrected chi connectivity index (χ2v) is 16.1. The molecule has 24 heteroatoms. The molecule has 2 saturated carbocycles. The van der Waals surface area contributed by atoms with E-state index in [1.165, 1.54) is 12.8 Å². The zero-order chi connectivity index (χ0) is 39.6. The highest BCUT2D eigenvalue weighted by Gasteiger charge is 2.27. The Morgan fingerprint density at radius 1 is 0.321 bits per heavy atom. The first-order valence-corrected chi connectivity index (χ1v) is 21.3. The first kappa shape index (κ1) is 43.1. The van der Waals surface area contributed by atoms with Crippen molar-refractivity contribution in [2.45, 2.75) is 89.1 Å². The number of hydrogen-bond acceptors (Lipinski definition) is 16. The molecule has 0 spiro atoms. The van der Waals surface area contributed by atoms with Crippen LogP contribution in [0.1, 0.15) is 77.0 Å². The van der Waals surface area contributed by atoms with Gasteiger partial charge in [-0.15, -0.1) is 0 Å². The average Bonchev–Trinajstić information content (AvgIpc) is 3.14. The summed E-state index contributed by atoms with van der Waals surface area (Å²) in [7, 11) is 0. The Balaban J connectivity index is 1.21. The van der Waals surface area contributed by atoms with Crippen LogP contribution in [0.4, 0.5) is 23.8 Å². The highest BCUT2D eigenvalue weighted by molar-refractivity contribution is 6.32. The molecule has 0 bridgehead atoms. The van der Waals surface area contributed by atoms with Crippen molar-refractivity contribution in [2.75, 3.05) is 58.9 Å². The van der Waals surface area contributed by atoms with E-state index in [0.29, 0.717) is 75.9 Å². The van der Waals surface area contributed by atoms with Crippen molar-refractivity contribution in [1.29, 1.82) is 0 Å². The van der Waals surface area contributed by atoms with Crippen LogP contribution < -0.4 is 19.6 Å². The monoisotopic (exact) mass is 926 g/mol. The van der Waals surface area contributed by atoms with Crippen molar-refractivity contribution >= 4 is 117 Å². The molecule has 0 unspecified atom stereocenters. The highest BCUT2D eigenvalue weighted by atomic mass is 35.5. The maximum atomic E-state index is 6.28. The van der Waals surface area contributed by atoms with E-state index in [0.717, 1.165) is 51.4 Å². The smallest absolute Gasteiger partial charge is 0.231 e. The molecule has 2 fully saturated rings. The van der Waals surface area contributed by atoms with Crippen LogP contribution in [0.2, 0.25) is 42.3 Å². The van der Waals surface area contributed by atoms with Crippen LogP contribution in [0.25, 0.3) is 0 Å². The van der Waals surface area contributed by atoms with Crippen molar-refractivity contribution in [1.82, 2.24) is 59.8 Å². The van der Waals surface area contributed by atoms with Crippen LogP contribution >= 0.6 is 92.8 Å². The van der Waals surface area contributed by atoms with Gasteiger partial charge in [-0.25, -0.2) is 0 Å². The molecule has 2 aliphatic rings. The summed E-state index contributed by atoms with van der Waals surface area (Å²) in [5, 5.41) is 0.0401. The third-order valence-corrected chi connectivity index (χ3v) is 11.0. The van der Waals surface area contributed by atoms with Gasteiger partial charge in [0.1, 0.15) is 0 Å². The minimum absolute atomic E-state index is 0.0301. The van der Waals surface area contributed by atoms with E-state index in [-0.39, 0.29) is 54.4 Å². The van der Waals surface area contributed by atoms with Gasteiger partial charge in [0.05, 0.1) is 0 Å². The second-order valence-electron chi connectivity index (χ2n) is 13.3. The standard InChI is InChI=1S/C32H38Cl8N16/c33-21-41-22(34)46-29(45-21)53(13-7-15-55(19-9-3-1-4-10-19)31-49-25(37)43-26(38)50-31)17-18-54(30-47-23(35)42-24(36)48-30)14-8-16-56(20-11-5-2-6-12-20)32-51-27(39)44-28(40)52-32/h19-20H,1-18H2. The molecule has 2 aliphatic carbocycles. The summed E-state index contributed by atoms with van der Waals surface area (Å²) in [5.74, 6) is 1.50. The molecule has 4 heterocycles. The zero-order valence-corrected chi connectivity index (χ0v) is 36.1. The lowest BCUT2D eigenvalue weighted by Gasteiger charge is -2.35. The van der Waals surface area contributed by atoms with Crippen LogP contribution in [0, 0.1) is 0 Å². The van der Waals surface area contributed by atoms with Crippen LogP contribution in [-0.2, 0) is 0 Å². The molecule has 0 saturated heterocycles. The van der Waals surface area contributed by atoms with Gasteiger partial charge in [-0.2, -0.15) is 59.8 Å². The Labute approximate surface area is 364 Å². The third kappa shape index (κ3) is 12.5. The van der Waals surface area contributed by atoms with Gasteiger partial charge in [0, 0.05) is 51.4 Å². The van der Waals surface area contributed by atoms with E-state index in [9.17, 15) is 0 Å². The Bertz CT molecular complexity index is 1690. The number of halogens is 8. The Morgan fingerprint density at radius 2 is 0.589 bits per heavy atom. The van der Waals surface area contributed by atoms with Crippen molar-refractivity contribution in [3.8, 4) is 0 Å². The van der Waals surface area contributed by atoms with E-state index in [2.05, 4.69) is 69.6 Å². The van der Waals surface area contributed by atoms with Crippen LogP contribution in [0.15, 0.2) is 0 Å². The molecule has 56 heavy (non-hydrogen) atoms. The lowest BCUT2D eigenvalue weighted by atomic mass is 9.94. The lowest BCUT2D eigenvalue weighted by Crippen LogP contribution is -2.43. The summed E-state index contributed by atoms with van der Waals surface area (Å²) in [6.07, 6.45) is 12.1. The van der Waals surface area contributed by atoms with Crippen molar-refractivity contribution < 1.29 is 0 Å². The minimum Gasteiger partial charge on any atom is -0.339 e. The largest absolute Gasteiger partial charge is 0.339 e. The average molecular weight is 930 g/mol. The molecule has 4 aromatic rings. The number of rotatable bonds is 17. The molecule has 0 aromatic carbocycles. The van der Waals surface area contributed by atoms with Gasteiger partial charge in [0.2, 0.25) is 66.1 Å². The topological polar surface area (TPSA) is 168 Å². The number of aromatic nitrogens is 12. The van der Waals surface area contributed by atoms with Gasteiger partial charge in [-0.05, 0) is 131 Å². The van der Waals surface area contributed by atoms with Gasteiger partial charge in [-0.3, -0.25) is 0 Å². The normalized spacial score (nSPS) is 15.2. The second kappa shape index (κ2) is 21.0.